The molecule has 0 radical (unpaired) electrons. The van der Waals surface area contributed by atoms with Crippen molar-refractivity contribution in [1.82, 2.24) is 0 Å². The summed E-state index contributed by atoms with van der Waals surface area (Å²) in [6, 6.07) is 19.0. The zero-order valence-corrected chi connectivity index (χ0v) is 12.1. The van der Waals surface area contributed by atoms with Gasteiger partial charge in [0.05, 0.1) is 6.61 Å². The van der Waals surface area contributed by atoms with Gasteiger partial charge >= 0.3 is 0 Å². The first-order chi connectivity index (χ1) is 9.74. The van der Waals surface area contributed by atoms with E-state index in [2.05, 4.69) is 36.4 Å². The molecule has 0 heterocycles. The average molecular weight is 269 g/mol. The van der Waals surface area contributed by atoms with E-state index in [-0.39, 0.29) is 6.04 Å². The van der Waals surface area contributed by atoms with Crippen molar-refractivity contribution in [2.45, 2.75) is 32.2 Å². The van der Waals surface area contributed by atoms with Crippen LogP contribution in [0, 0.1) is 0 Å². The first kappa shape index (κ1) is 14.6. The van der Waals surface area contributed by atoms with Gasteiger partial charge in [0, 0.05) is 12.5 Å². The number of hydrogen-bond donors (Lipinski definition) is 1. The monoisotopic (exact) mass is 269 g/mol. The van der Waals surface area contributed by atoms with Crippen LogP contribution in [0.2, 0.25) is 0 Å². The number of hydrogen-bond acceptors (Lipinski definition) is 2. The third kappa shape index (κ3) is 5.06. The van der Waals surface area contributed by atoms with Crippen LogP contribution in [0.25, 0.3) is 0 Å². The summed E-state index contributed by atoms with van der Waals surface area (Å²) < 4.78 is 5.77. The minimum Gasteiger partial charge on any atom is -0.493 e. The second-order valence-electron chi connectivity index (χ2n) is 5.24. The third-order valence-corrected chi connectivity index (χ3v) is 3.31. The van der Waals surface area contributed by atoms with Crippen molar-refractivity contribution in [3.63, 3.8) is 0 Å². The lowest BCUT2D eigenvalue weighted by Crippen LogP contribution is -2.15. The standard InChI is InChI=1S/C18H23NO/c1-15(19)7-8-17-9-11-18(12-10-17)20-14-13-16-5-3-2-4-6-16/h2-6,9-12,15H,7-8,13-14,19H2,1H3. The Bertz CT molecular complexity index is 491. The molecule has 0 fully saturated rings. The molecule has 2 nitrogen and oxygen atoms in total. The Hall–Kier alpha value is -1.80. The van der Waals surface area contributed by atoms with E-state index in [1.165, 1.54) is 11.1 Å². The van der Waals surface area contributed by atoms with E-state index in [0.717, 1.165) is 25.0 Å². The fraction of sp³-hybridized carbons (Fsp3) is 0.333. The number of ether oxygens (including phenoxy) is 1. The summed E-state index contributed by atoms with van der Waals surface area (Å²) in [5.41, 5.74) is 8.39. The molecule has 2 heteroatoms. The highest BCUT2D eigenvalue weighted by molar-refractivity contribution is 5.27. The van der Waals surface area contributed by atoms with Crippen LogP contribution >= 0.6 is 0 Å². The number of nitrogens with two attached hydrogens (primary N) is 1. The van der Waals surface area contributed by atoms with Crippen LogP contribution < -0.4 is 10.5 Å². The molecule has 0 spiro atoms. The normalized spacial score (nSPS) is 12.1. The zero-order valence-electron chi connectivity index (χ0n) is 12.1. The molecule has 0 saturated carbocycles. The van der Waals surface area contributed by atoms with Crippen LogP contribution in [0.4, 0.5) is 0 Å². The van der Waals surface area contributed by atoms with Gasteiger partial charge in [0.1, 0.15) is 5.75 Å². The average Bonchev–Trinajstić information content (AvgIpc) is 2.47. The SMILES string of the molecule is CC(N)CCc1ccc(OCCc2ccccc2)cc1. The largest absolute Gasteiger partial charge is 0.493 e. The zero-order chi connectivity index (χ0) is 14.2. The summed E-state index contributed by atoms with van der Waals surface area (Å²) in [5.74, 6) is 0.936. The minimum absolute atomic E-state index is 0.261. The van der Waals surface area contributed by atoms with E-state index < -0.39 is 0 Å². The van der Waals surface area contributed by atoms with E-state index in [1.54, 1.807) is 0 Å². The lowest BCUT2D eigenvalue weighted by atomic mass is 10.1. The van der Waals surface area contributed by atoms with Crippen LogP contribution in [-0.4, -0.2) is 12.6 Å². The Morgan fingerprint density at radius 1 is 0.900 bits per heavy atom. The van der Waals surface area contributed by atoms with Gasteiger partial charge in [-0.15, -0.1) is 0 Å². The van der Waals surface area contributed by atoms with Gasteiger partial charge in [0.2, 0.25) is 0 Å². The minimum atomic E-state index is 0.261. The van der Waals surface area contributed by atoms with Crippen LogP contribution in [0.5, 0.6) is 5.75 Å². The fourth-order valence-electron chi connectivity index (χ4n) is 2.08. The lowest BCUT2D eigenvalue weighted by Gasteiger charge is -2.08. The van der Waals surface area contributed by atoms with Gasteiger partial charge in [-0.3, -0.25) is 0 Å². The maximum absolute atomic E-state index is 5.77. The van der Waals surface area contributed by atoms with Crippen molar-refractivity contribution in [3.8, 4) is 5.75 Å². The summed E-state index contributed by atoms with van der Waals surface area (Å²) in [5, 5.41) is 0. The predicted octanol–water partition coefficient (Wildman–Crippen LogP) is 3.59. The van der Waals surface area contributed by atoms with Crippen molar-refractivity contribution in [3.05, 3.63) is 65.7 Å². The summed E-state index contributed by atoms with van der Waals surface area (Å²) in [6.07, 6.45) is 2.99. The van der Waals surface area contributed by atoms with Crippen molar-refractivity contribution >= 4 is 0 Å². The molecular formula is C18H23NO. The predicted molar refractivity (Wildman–Crippen MR) is 84.1 cm³/mol. The van der Waals surface area contributed by atoms with Gasteiger partial charge in [-0.2, -0.15) is 0 Å². The maximum atomic E-state index is 5.77. The van der Waals surface area contributed by atoms with Gasteiger partial charge in [0.25, 0.3) is 0 Å². The Labute approximate surface area is 121 Å². The molecule has 1 atom stereocenters. The molecule has 0 saturated heterocycles. The van der Waals surface area contributed by atoms with Gasteiger partial charge in [-0.25, -0.2) is 0 Å². The van der Waals surface area contributed by atoms with Gasteiger partial charge in [0.15, 0.2) is 0 Å². The summed E-state index contributed by atoms with van der Waals surface area (Å²) >= 11 is 0. The topological polar surface area (TPSA) is 35.2 Å². The summed E-state index contributed by atoms with van der Waals surface area (Å²) in [7, 11) is 0. The Morgan fingerprint density at radius 2 is 1.55 bits per heavy atom. The van der Waals surface area contributed by atoms with Crippen molar-refractivity contribution in [2.75, 3.05) is 6.61 Å². The first-order valence-corrected chi connectivity index (χ1v) is 7.25. The quantitative estimate of drug-likeness (QED) is 0.833. The highest BCUT2D eigenvalue weighted by Crippen LogP contribution is 2.14. The Balaban J connectivity index is 1.76. The molecule has 0 bridgehead atoms. The molecule has 0 amide bonds. The first-order valence-electron chi connectivity index (χ1n) is 7.25. The molecule has 0 aliphatic heterocycles. The second-order valence-corrected chi connectivity index (χ2v) is 5.24. The molecule has 1 unspecified atom stereocenters. The van der Waals surface area contributed by atoms with Crippen molar-refractivity contribution < 1.29 is 4.74 Å². The number of rotatable bonds is 7. The molecule has 2 aromatic rings. The lowest BCUT2D eigenvalue weighted by molar-refractivity contribution is 0.322. The maximum Gasteiger partial charge on any atom is 0.119 e. The summed E-state index contributed by atoms with van der Waals surface area (Å²) in [4.78, 5) is 0. The van der Waals surface area contributed by atoms with Crippen molar-refractivity contribution in [1.29, 1.82) is 0 Å². The van der Waals surface area contributed by atoms with E-state index in [0.29, 0.717) is 6.61 Å². The molecule has 2 aromatic carbocycles. The molecule has 0 aliphatic carbocycles. The van der Waals surface area contributed by atoms with E-state index in [1.807, 2.05) is 25.1 Å². The Kier molecular flexibility index (Phi) is 5.63. The number of benzene rings is 2. The molecule has 106 valence electrons. The van der Waals surface area contributed by atoms with Crippen LogP contribution in [0.3, 0.4) is 0 Å². The highest BCUT2D eigenvalue weighted by Gasteiger charge is 1.99. The molecule has 0 aromatic heterocycles. The molecular weight excluding hydrogens is 246 g/mol. The summed E-state index contributed by atoms with van der Waals surface area (Å²) in [6.45, 7) is 2.75. The Morgan fingerprint density at radius 3 is 2.20 bits per heavy atom. The van der Waals surface area contributed by atoms with Crippen LogP contribution in [0.1, 0.15) is 24.5 Å². The van der Waals surface area contributed by atoms with Crippen LogP contribution in [-0.2, 0) is 12.8 Å². The second kappa shape index (κ2) is 7.71. The fourth-order valence-corrected chi connectivity index (χ4v) is 2.08. The number of aryl methyl sites for hydroxylation is 1. The van der Waals surface area contributed by atoms with Crippen LogP contribution in [0.15, 0.2) is 54.6 Å². The van der Waals surface area contributed by atoms with Gasteiger partial charge in [-0.1, -0.05) is 42.5 Å². The van der Waals surface area contributed by atoms with Crippen molar-refractivity contribution in [2.24, 2.45) is 5.73 Å². The smallest absolute Gasteiger partial charge is 0.119 e. The van der Waals surface area contributed by atoms with E-state index in [9.17, 15) is 0 Å². The molecule has 20 heavy (non-hydrogen) atoms. The van der Waals surface area contributed by atoms with E-state index in [4.69, 9.17) is 10.5 Å². The van der Waals surface area contributed by atoms with Gasteiger partial charge < -0.3 is 10.5 Å². The molecule has 2 rings (SSSR count). The molecule has 2 N–H and O–H groups in total. The highest BCUT2D eigenvalue weighted by atomic mass is 16.5. The van der Waals surface area contributed by atoms with E-state index >= 15 is 0 Å². The van der Waals surface area contributed by atoms with Gasteiger partial charge in [-0.05, 0) is 43.0 Å². The molecule has 0 aliphatic rings. The third-order valence-electron chi connectivity index (χ3n) is 3.31.